The van der Waals surface area contributed by atoms with E-state index in [9.17, 15) is 4.79 Å². The van der Waals surface area contributed by atoms with Crippen LogP contribution in [0.15, 0.2) is 60.8 Å². The van der Waals surface area contributed by atoms with E-state index in [1.54, 1.807) is 6.92 Å². The van der Waals surface area contributed by atoms with Gasteiger partial charge in [0.2, 0.25) is 5.91 Å². The van der Waals surface area contributed by atoms with Gasteiger partial charge in [0.05, 0.1) is 6.04 Å². The Morgan fingerprint density at radius 3 is 2.64 bits per heavy atom. The third kappa shape index (κ3) is 2.92. The van der Waals surface area contributed by atoms with Gasteiger partial charge in [-0.2, -0.15) is 0 Å². The molecule has 144 valence electrons. The second-order valence-electron chi connectivity index (χ2n) is 8.46. The summed E-state index contributed by atoms with van der Waals surface area (Å²) < 4.78 is 2.17. The second-order valence-corrected chi connectivity index (χ2v) is 8.46. The summed E-state index contributed by atoms with van der Waals surface area (Å²) in [6, 6.07) is 19.8. The summed E-state index contributed by atoms with van der Waals surface area (Å²) >= 11 is 0. The number of fused-ring (bicyclic) bond motifs is 2. The van der Waals surface area contributed by atoms with E-state index in [4.69, 9.17) is 0 Å². The third-order valence-corrected chi connectivity index (χ3v) is 6.64. The van der Waals surface area contributed by atoms with Crippen molar-refractivity contribution >= 4 is 16.8 Å². The highest BCUT2D eigenvalue weighted by Crippen LogP contribution is 2.45. The minimum absolute atomic E-state index is 0.198. The Bertz CT molecular complexity index is 1010. The minimum Gasteiger partial charge on any atom is -0.351 e. The first-order valence-electron chi connectivity index (χ1n) is 10.2. The predicted molar refractivity (Wildman–Crippen MR) is 112 cm³/mol. The average molecular weight is 374 g/mol. The molecule has 3 aromatic rings. The van der Waals surface area contributed by atoms with Crippen molar-refractivity contribution in [3.05, 3.63) is 71.9 Å². The first-order valence-corrected chi connectivity index (χ1v) is 10.2. The quantitative estimate of drug-likeness (QED) is 0.698. The number of carbonyl (C=O) groups excluding carboxylic acids is 1. The van der Waals surface area contributed by atoms with Crippen LogP contribution in [0.1, 0.15) is 24.1 Å². The summed E-state index contributed by atoms with van der Waals surface area (Å²) in [6.07, 6.45) is 2.12. The van der Waals surface area contributed by atoms with Gasteiger partial charge in [0.15, 0.2) is 0 Å². The number of amides is 1. The Kier molecular flexibility index (Phi) is 4.24. The van der Waals surface area contributed by atoms with Gasteiger partial charge in [0.1, 0.15) is 0 Å². The fourth-order valence-electron chi connectivity index (χ4n) is 5.36. The van der Waals surface area contributed by atoms with E-state index < -0.39 is 0 Å². The van der Waals surface area contributed by atoms with E-state index in [1.807, 2.05) is 0 Å². The number of hydrogen-bond donors (Lipinski definition) is 0. The van der Waals surface area contributed by atoms with Crippen molar-refractivity contribution in [2.45, 2.75) is 19.5 Å². The zero-order valence-corrected chi connectivity index (χ0v) is 16.6. The topological polar surface area (TPSA) is 28.5 Å². The van der Waals surface area contributed by atoms with Crippen LogP contribution in [-0.4, -0.2) is 39.9 Å². The van der Waals surface area contributed by atoms with Crippen LogP contribution in [0.25, 0.3) is 10.9 Å². The van der Waals surface area contributed by atoms with Gasteiger partial charge in [-0.15, -0.1) is 0 Å². The van der Waals surface area contributed by atoms with E-state index >= 15 is 0 Å². The SMILES string of the molecule is CC(=O)N1C[C@H]2CN(Cc3ccc4c(ccn4C)c3)C[C@H]2[C@@H]1c1ccccc1. The van der Waals surface area contributed by atoms with Gasteiger partial charge in [-0.3, -0.25) is 9.69 Å². The highest BCUT2D eigenvalue weighted by molar-refractivity contribution is 5.80. The molecule has 2 aromatic carbocycles. The van der Waals surface area contributed by atoms with Crippen molar-refractivity contribution in [1.82, 2.24) is 14.4 Å². The molecule has 2 aliphatic heterocycles. The molecule has 1 amide bonds. The van der Waals surface area contributed by atoms with Crippen molar-refractivity contribution in [2.75, 3.05) is 19.6 Å². The van der Waals surface area contributed by atoms with E-state index in [1.165, 1.54) is 22.0 Å². The average Bonchev–Trinajstić information content (AvgIpc) is 3.35. The molecule has 28 heavy (non-hydrogen) atoms. The normalized spacial score (nSPS) is 24.8. The Hall–Kier alpha value is -2.59. The molecule has 3 atom stereocenters. The lowest BCUT2D eigenvalue weighted by Crippen LogP contribution is -2.34. The van der Waals surface area contributed by atoms with Gasteiger partial charge in [-0.05, 0) is 40.6 Å². The van der Waals surface area contributed by atoms with Crippen molar-refractivity contribution in [3.63, 3.8) is 0 Å². The highest BCUT2D eigenvalue weighted by atomic mass is 16.2. The first-order chi connectivity index (χ1) is 13.6. The van der Waals surface area contributed by atoms with Gasteiger partial charge in [-0.25, -0.2) is 0 Å². The Balaban J connectivity index is 1.36. The van der Waals surface area contributed by atoms with Gasteiger partial charge in [-0.1, -0.05) is 36.4 Å². The Morgan fingerprint density at radius 2 is 1.86 bits per heavy atom. The molecule has 0 spiro atoms. The standard InChI is InChI=1S/C24H27N3O/c1-17(28)27-15-21-14-26(16-22(21)24(27)19-6-4-3-5-7-19)13-18-8-9-23-20(12-18)10-11-25(23)2/h3-12,21-22,24H,13-16H2,1-2H3/t21-,22-,24+/m1/s1. The maximum Gasteiger partial charge on any atom is 0.219 e. The number of nitrogens with zero attached hydrogens (tertiary/aromatic N) is 3. The summed E-state index contributed by atoms with van der Waals surface area (Å²) in [5.74, 6) is 1.28. The van der Waals surface area contributed by atoms with Crippen LogP contribution in [0.3, 0.4) is 0 Å². The van der Waals surface area contributed by atoms with E-state index in [0.29, 0.717) is 11.8 Å². The molecular formula is C24H27N3O. The number of hydrogen-bond acceptors (Lipinski definition) is 2. The van der Waals surface area contributed by atoms with Crippen LogP contribution in [-0.2, 0) is 18.4 Å². The van der Waals surface area contributed by atoms with Crippen LogP contribution >= 0.6 is 0 Å². The van der Waals surface area contributed by atoms with Crippen LogP contribution in [0.4, 0.5) is 0 Å². The Labute approximate surface area is 166 Å². The van der Waals surface area contributed by atoms with Crippen molar-refractivity contribution < 1.29 is 4.79 Å². The molecule has 0 N–H and O–H groups in total. The van der Waals surface area contributed by atoms with E-state index in [-0.39, 0.29) is 11.9 Å². The van der Waals surface area contributed by atoms with E-state index in [2.05, 4.69) is 82.2 Å². The van der Waals surface area contributed by atoms with Crippen molar-refractivity contribution in [2.24, 2.45) is 18.9 Å². The van der Waals surface area contributed by atoms with Crippen LogP contribution < -0.4 is 0 Å². The lowest BCUT2D eigenvalue weighted by molar-refractivity contribution is -0.130. The lowest BCUT2D eigenvalue weighted by Gasteiger charge is -2.29. The predicted octanol–water partition coefficient (Wildman–Crippen LogP) is 3.83. The number of benzene rings is 2. The molecule has 0 aliphatic carbocycles. The largest absolute Gasteiger partial charge is 0.351 e. The third-order valence-electron chi connectivity index (χ3n) is 6.64. The molecule has 0 unspecified atom stereocenters. The number of likely N-dealkylation sites (tertiary alicyclic amines) is 2. The molecule has 0 saturated carbocycles. The highest BCUT2D eigenvalue weighted by Gasteiger charge is 2.48. The number of aromatic nitrogens is 1. The monoisotopic (exact) mass is 373 g/mol. The molecule has 3 heterocycles. The second kappa shape index (κ2) is 6.78. The number of carbonyl (C=O) groups is 1. The van der Waals surface area contributed by atoms with Gasteiger partial charge < -0.3 is 9.47 Å². The van der Waals surface area contributed by atoms with Crippen LogP contribution in [0.5, 0.6) is 0 Å². The minimum atomic E-state index is 0.198. The van der Waals surface area contributed by atoms with E-state index in [0.717, 1.165) is 26.2 Å². The van der Waals surface area contributed by atoms with Crippen LogP contribution in [0, 0.1) is 11.8 Å². The molecule has 4 nitrogen and oxygen atoms in total. The molecule has 4 heteroatoms. The molecule has 0 bridgehead atoms. The fraction of sp³-hybridized carbons (Fsp3) is 0.375. The molecule has 1 aromatic heterocycles. The van der Waals surface area contributed by atoms with Gasteiger partial charge in [0.25, 0.3) is 0 Å². The first kappa shape index (κ1) is 17.5. The molecule has 0 radical (unpaired) electrons. The molecular weight excluding hydrogens is 346 g/mol. The van der Waals surface area contributed by atoms with Crippen LogP contribution in [0.2, 0.25) is 0 Å². The summed E-state index contributed by atoms with van der Waals surface area (Å²) in [7, 11) is 2.09. The summed E-state index contributed by atoms with van der Waals surface area (Å²) in [4.78, 5) is 16.9. The maximum absolute atomic E-state index is 12.3. The lowest BCUT2D eigenvalue weighted by atomic mass is 9.89. The maximum atomic E-state index is 12.3. The fourth-order valence-corrected chi connectivity index (χ4v) is 5.36. The molecule has 5 rings (SSSR count). The zero-order chi connectivity index (χ0) is 19.3. The van der Waals surface area contributed by atoms with Gasteiger partial charge >= 0.3 is 0 Å². The summed E-state index contributed by atoms with van der Waals surface area (Å²) in [6.45, 7) is 5.71. The molecule has 2 fully saturated rings. The summed E-state index contributed by atoms with van der Waals surface area (Å²) in [5, 5.41) is 1.31. The van der Waals surface area contributed by atoms with Crippen molar-refractivity contribution in [1.29, 1.82) is 0 Å². The zero-order valence-electron chi connectivity index (χ0n) is 16.6. The smallest absolute Gasteiger partial charge is 0.219 e. The number of aryl methyl sites for hydroxylation is 1. The molecule has 2 aliphatic rings. The number of rotatable bonds is 3. The van der Waals surface area contributed by atoms with Gasteiger partial charge in [0, 0.05) is 57.8 Å². The van der Waals surface area contributed by atoms with Crippen molar-refractivity contribution in [3.8, 4) is 0 Å². The Morgan fingerprint density at radius 1 is 1.04 bits per heavy atom. The molecule has 2 saturated heterocycles. The summed E-state index contributed by atoms with van der Waals surface area (Å²) in [5.41, 5.74) is 3.93.